The van der Waals surface area contributed by atoms with Crippen LogP contribution in [0.4, 0.5) is 10.8 Å². The molecular weight excluding hydrogens is 633 g/mol. The molecule has 0 fully saturated rings. The molecule has 0 saturated heterocycles. The van der Waals surface area contributed by atoms with Gasteiger partial charge in [-0.2, -0.15) is 0 Å². The molecule has 11 heteroatoms. The molecule has 47 heavy (non-hydrogen) atoms. The predicted octanol–water partition coefficient (Wildman–Crippen LogP) is 7.36. The average molecular weight is 665 g/mol. The lowest BCUT2D eigenvalue weighted by molar-refractivity contribution is -0.115. The quantitative estimate of drug-likeness (QED) is 0.0943. The van der Waals surface area contributed by atoms with Gasteiger partial charge in [0.05, 0.1) is 25.2 Å². The fraction of sp³-hybridized carbons (Fsp3) is 0.111. The van der Waals surface area contributed by atoms with E-state index in [2.05, 4.69) is 20.9 Å². The van der Waals surface area contributed by atoms with Gasteiger partial charge in [-0.3, -0.25) is 14.4 Å². The molecule has 9 nitrogen and oxygen atoms in total. The van der Waals surface area contributed by atoms with E-state index in [1.807, 2.05) is 41.8 Å². The number of amides is 3. The van der Waals surface area contributed by atoms with E-state index < -0.39 is 17.1 Å². The van der Waals surface area contributed by atoms with Crippen molar-refractivity contribution < 1.29 is 23.9 Å². The zero-order valence-corrected chi connectivity index (χ0v) is 27.5. The number of anilines is 2. The van der Waals surface area contributed by atoms with Crippen LogP contribution in [0.2, 0.25) is 0 Å². The van der Waals surface area contributed by atoms with E-state index in [1.165, 1.54) is 30.2 Å². The molecule has 3 amide bonds. The van der Waals surface area contributed by atoms with Gasteiger partial charge < -0.3 is 25.4 Å². The topological polar surface area (TPSA) is 119 Å². The Balaban J connectivity index is 1.29. The Morgan fingerprint density at radius 3 is 2.32 bits per heavy atom. The number of rotatable bonds is 12. The highest BCUT2D eigenvalue weighted by molar-refractivity contribution is 8.00. The molecule has 1 atom stereocenters. The zero-order chi connectivity index (χ0) is 33.2. The SMILES string of the molecule is COc1ccc(/C=C(/NC(=O)c2ccccc2)C(=O)Nc2cccc(SC(C)C(=O)Nc3nc(-c4ccccc4)cs3)c2)c(OC)c1. The molecule has 0 bridgehead atoms. The van der Waals surface area contributed by atoms with E-state index >= 15 is 0 Å². The van der Waals surface area contributed by atoms with Crippen LogP contribution >= 0.6 is 23.1 Å². The Morgan fingerprint density at radius 1 is 0.851 bits per heavy atom. The molecule has 0 radical (unpaired) electrons. The van der Waals surface area contributed by atoms with Gasteiger partial charge >= 0.3 is 0 Å². The number of ether oxygens (including phenoxy) is 2. The van der Waals surface area contributed by atoms with Crippen molar-refractivity contribution in [1.82, 2.24) is 10.3 Å². The molecular formula is C36H32N4O5S2. The first kappa shape index (κ1) is 33.0. The van der Waals surface area contributed by atoms with Gasteiger partial charge in [0.15, 0.2) is 5.13 Å². The Labute approximate surface area is 281 Å². The number of nitrogens with one attached hydrogen (secondary N) is 3. The third kappa shape index (κ3) is 8.87. The van der Waals surface area contributed by atoms with E-state index in [0.717, 1.165) is 16.2 Å². The van der Waals surface area contributed by atoms with Crippen molar-refractivity contribution in [2.24, 2.45) is 0 Å². The van der Waals surface area contributed by atoms with E-state index in [0.29, 0.717) is 33.4 Å². The van der Waals surface area contributed by atoms with Crippen molar-refractivity contribution >= 4 is 57.7 Å². The Hall–Kier alpha value is -5.39. The van der Waals surface area contributed by atoms with Crippen LogP contribution in [0.25, 0.3) is 17.3 Å². The molecule has 1 heterocycles. The smallest absolute Gasteiger partial charge is 0.272 e. The van der Waals surface area contributed by atoms with Gasteiger partial charge in [0.1, 0.15) is 17.2 Å². The summed E-state index contributed by atoms with van der Waals surface area (Å²) in [5.41, 5.74) is 3.23. The molecule has 4 aromatic carbocycles. The molecule has 0 saturated carbocycles. The number of hydrogen-bond acceptors (Lipinski definition) is 8. The summed E-state index contributed by atoms with van der Waals surface area (Å²) in [5, 5.41) is 10.5. The summed E-state index contributed by atoms with van der Waals surface area (Å²) < 4.78 is 10.8. The van der Waals surface area contributed by atoms with Crippen LogP contribution in [0, 0.1) is 0 Å². The average Bonchev–Trinajstić information content (AvgIpc) is 3.57. The Bertz CT molecular complexity index is 1890. The number of carbonyl (C=O) groups excluding carboxylic acids is 3. The maximum Gasteiger partial charge on any atom is 0.272 e. The van der Waals surface area contributed by atoms with Gasteiger partial charge in [0, 0.05) is 38.7 Å². The predicted molar refractivity (Wildman–Crippen MR) is 188 cm³/mol. The summed E-state index contributed by atoms with van der Waals surface area (Å²) in [7, 11) is 3.06. The first-order valence-corrected chi connectivity index (χ1v) is 16.3. The van der Waals surface area contributed by atoms with Gasteiger partial charge in [0.2, 0.25) is 5.91 Å². The van der Waals surface area contributed by atoms with E-state index in [4.69, 9.17) is 9.47 Å². The highest BCUT2D eigenvalue weighted by Crippen LogP contribution is 2.30. The number of nitrogens with zero attached hydrogens (tertiary/aromatic N) is 1. The lowest BCUT2D eigenvalue weighted by atomic mass is 10.1. The largest absolute Gasteiger partial charge is 0.497 e. The van der Waals surface area contributed by atoms with Crippen LogP contribution in [0.3, 0.4) is 0 Å². The minimum atomic E-state index is -0.543. The summed E-state index contributed by atoms with van der Waals surface area (Å²) in [6, 6.07) is 30.7. The molecule has 1 aromatic heterocycles. The molecule has 5 rings (SSSR count). The summed E-state index contributed by atoms with van der Waals surface area (Å²) in [6.07, 6.45) is 1.54. The second-order valence-electron chi connectivity index (χ2n) is 10.1. The van der Waals surface area contributed by atoms with Gasteiger partial charge in [-0.05, 0) is 55.5 Å². The summed E-state index contributed by atoms with van der Waals surface area (Å²) in [4.78, 5) is 45.0. The molecule has 3 N–H and O–H groups in total. The second kappa shape index (κ2) is 15.7. The number of thioether (sulfide) groups is 1. The number of carbonyl (C=O) groups is 3. The van der Waals surface area contributed by atoms with Gasteiger partial charge in [-0.1, -0.05) is 54.6 Å². The van der Waals surface area contributed by atoms with Crippen molar-refractivity contribution in [2.45, 2.75) is 17.1 Å². The number of hydrogen-bond donors (Lipinski definition) is 3. The standard InChI is InChI=1S/C36H32N4O5S2/c1-23(33(41)40-36-39-31(22-46-36)24-11-6-4-7-12-24)47-29-16-10-15-27(20-29)37-35(43)30(38-34(42)25-13-8-5-9-14-25)19-26-17-18-28(44-2)21-32(26)45-3/h4-23H,1-3H3,(H,37,43)(H,38,42)(H,39,40,41)/b30-19+. The number of thiazole rings is 1. The van der Waals surface area contributed by atoms with Crippen LogP contribution in [0.15, 0.2) is 119 Å². The third-order valence-electron chi connectivity index (χ3n) is 6.85. The minimum Gasteiger partial charge on any atom is -0.497 e. The number of aromatic nitrogens is 1. The van der Waals surface area contributed by atoms with Gasteiger partial charge in [0.25, 0.3) is 11.8 Å². The lowest BCUT2D eigenvalue weighted by Crippen LogP contribution is -2.30. The van der Waals surface area contributed by atoms with E-state index in [9.17, 15) is 14.4 Å². The molecule has 238 valence electrons. The summed E-state index contributed by atoms with van der Waals surface area (Å²) in [5.74, 6) is -0.138. The van der Waals surface area contributed by atoms with Crippen molar-refractivity contribution in [3.63, 3.8) is 0 Å². The van der Waals surface area contributed by atoms with Gasteiger partial charge in [-0.15, -0.1) is 23.1 Å². The molecule has 0 aliphatic carbocycles. The third-order valence-corrected chi connectivity index (χ3v) is 8.70. The number of benzene rings is 4. The lowest BCUT2D eigenvalue weighted by Gasteiger charge is -2.14. The highest BCUT2D eigenvalue weighted by atomic mass is 32.2. The summed E-state index contributed by atoms with van der Waals surface area (Å²) >= 11 is 2.71. The van der Waals surface area contributed by atoms with Crippen LogP contribution < -0.4 is 25.4 Å². The first-order chi connectivity index (χ1) is 22.8. The van der Waals surface area contributed by atoms with Crippen molar-refractivity contribution in [3.05, 3.63) is 125 Å². The zero-order valence-electron chi connectivity index (χ0n) is 25.9. The van der Waals surface area contributed by atoms with Crippen molar-refractivity contribution in [2.75, 3.05) is 24.9 Å². The fourth-order valence-electron chi connectivity index (χ4n) is 4.42. The Morgan fingerprint density at radius 2 is 1.60 bits per heavy atom. The molecule has 5 aromatic rings. The normalized spacial score (nSPS) is 11.7. The van der Waals surface area contributed by atoms with Crippen molar-refractivity contribution in [1.29, 1.82) is 0 Å². The highest BCUT2D eigenvalue weighted by Gasteiger charge is 2.19. The Kier molecular flexibility index (Phi) is 11.1. The van der Waals surface area contributed by atoms with Gasteiger partial charge in [-0.25, -0.2) is 4.98 Å². The van der Waals surface area contributed by atoms with Crippen LogP contribution in [0.5, 0.6) is 11.5 Å². The molecule has 1 unspecified atom stereocenters. The maximum atomic E-state index is 13.6. The van der Waals surface area contributed by atoms with E-state index in [1.54, 1.807) is 86.8 Å². The summed E-state index contributed by atoms with van der Waals surface area (Å²) in [6.45, 7) is 1.80. The molecule has 0 aliphatic heterocycles. The molecule has 0 spiro atoms. The minimum absolute atomic E-state index is 0.00596. The van der Waals surface area contributed by atoms with E-state index in [-0.39, 0.29) is 11.6 Å². The van der Waals surface area contributed by atoms with Crippen LogP contribution in [0.1, 0.15) is 22.8 Å². The molecule has 0 aliphatic rings. The number of methoxy groups -OCH3 is 2. The fourth-order valence-corrected chi connectivity index (χ4v) is 6.07. The van der Waals surface area contributed by atoms with Crippen LogP contribution in [-0.4, -0.2) is 42.2 Å². The maximum absolute atomic E-state index is 13.6. The van der Waals surface area contributed by atoms with Crippen LogP contribution in [-0.2, 0) is 9.59 Å². The first-order valence-electron chi connectivity index (χ1n) is 14.5. The second-order valence-corrected chi connectivity index (χ2v) is 12.4. The monoisotopic (exact) mass is 664 g/mol. The van der Waals surface area contributed by atoms with Crippen molar-refractivity contribution in [3.8, 4) is 22.8 Å².